The van der Waals surface area contributed by atoms with E-state index in [0.29, 0.717) is 5.69 Å². The lowest BCUT2D eigenvalue weighted by Crippen LogP contribution is -2.13. The number of carbonyl (C=O) groups is 1. The number of nitrogens with zero attached hydrogens (tertiary/aromatic N) is 2. The Balaban J connectivity index is 2.27. The van der Waals surface area contributed by atoms with Crippen molar-refractivity contribution in [3.05, 3.63) is 47.8 Å². The van der Waals surface area contributed by atoms with Gasteiger partial charge in [0.2, 0.25) is 0 Å². The van der Waals surface area contributed by atoms with Crippen molar-refractivity contribution in [2.45, 2.75) is 25.9 Å². The molecule has 0 atom stereocenters. The lowest BCUT2D eigenvalue weighted by atomic mass is 10.2. The van der Waals surface area contributed by atoms with E-state index < -0.39 is 17.8 Å². The Morgan fingerprint density at radius 3 is 2.55 bits per heavy atom. The topological polar surface area (TPSA) is 44.1 Å². The number of aryl methyl sites for hydroxylation is 1. The van der Waals surface area contributed by atoms with Gasteiger partial charge in [0.1, 0.15) is 5.69 Å². The molecule has 7 heteroatoms. The second-order valence-corrected chi connectivity index (χ2v) is 4.57. The van der Waals surface area contributed by atoms with E-state index in [1.165, 1.54) is 12.1 Å². The Labute approximate surface area is 125 Å². The lowest BCUT2D eigenvalue weighted by molar-refractivity contribution is -0.143. The molecule has 4 nitrogen and oxygen atoms in total. The van der Waals surface area contributed by atoms with Gasteiger partial charge < -0.3 is 4.74 Å². The fraction of sp³-hybridized carbons (Fsp3) is 0.333. The number of hydrogen-bond acceptors (Lipinski definition) is 3. The largest absolute Gasteiger partial charge is 0.466 e. The Morgan fingerprint density at radius 1 is 1.27 bits per heavy atom. The van der Waals surface area contributed by atoms with Crippen molar-refractivity contribution in [1.29, 1.82) is 0 Å². The summed E-state index contributed by atoms with van der Waals surface area (Å²) >= 11 is 0. The number of ether oxygens (including phenoxy) is 1. The van der Waals surface area contributed by atoms with Crippen LogP contribution >= 0.6 is 0 Å². The highest BCUT2D eigenvalue weighted by Gasteiger charge is 2.36. The number of benzene rings is 1. The zero-order valence-electron chi connectivity index (χ0n) is 11.9. The molecule has 0 saturated carbocycles. The Hall–Kier alpha value is -2.31. The first kappa shape index (κ1) is 16.1. The first-order valence-electron chi connectivity index (χ1n) is 6.79. The smallest absolute Gasteiger partial charge is 0.433 e. The second-order valence-electron chi connectivity index (χ2n) is 4.57. The third kappa shape index (κ3) is 3.87. The molecule has 0 aliphatic carbocycles. The molecular weight excluding hydrogens is 297 g/mol. The van der Waals surface area contributed by atoms with Crippen LogP contribution in [0.3, 0.4) is 0 Å². The van der Waals surface area contributed by atoms with Crippen LogP contribution in [0, 0.1) is 0 Å². The van der Waals surface area contributed by atoms with Gasteiger partial charge in [-0.25, -0.2) is 4.68 Å². The Bertz CT molecular complexity index is 636. The number of aromatic nitrogens is 2. The van der Waals surface area contributed by atoms with Gasteiger partial charge in [-0.15, -0.1) is 0 Å². The first-order chi connectivity index (χ1) is 10.4. The number of hydrogen-bond donors (Lipinski definition) is 0. The molecule has 22 heavy (non-hydrogen) atoms. The van der Waals surface area contributed by atoms with Crippen molar-refractivity contribution >= 4 is 5.97 Å². The van der Waals surface area contributed by atoms with Gasteiger partial charge in [-0.1, -0.05) is 18.2 Å². The third-order valence-corrected chi connectivity index (χ3v) is 2.94. The average molecular weight is 312 g/mol. The van der Waals surface area contributed by atoms with Gasteiger partial charge in [0.05, 0.1) is 24.4 Å². The molecule has 0 amide bonds. The lowest BCUT2D eigenvalue weighted by Gasteiger charge is -2.09. The summed E-state index contributed by atoms with van der Waals surface area (Å²) in [6.45, 7) is 1.91. The van der Waals surface area contributed by atoms with Gasteiger partial charge in [0, 0.05) is 6.42 Å². The SMILES string of the molecule is CCOC(=O)CCc1cc(C(F)(F)F)n(-c2ccccc2)n1. The zero-order valence-corrected chi connectivity index (χ0v) is 11.9. The van der Waals surface area contributed by atoms with Gasteiger partial charge in [-0.05, 0) is 25.1 Å². The van der Waals surface area contributed by atoms with E-state index in [1.54, 1.807) is 25.1 Å². The minimum atomic E-state index is -4.52. The highest BCUT2D eigenvalue weighted by Crippen LogP contribution is 2.31. The van der Waals surface area contributed by atoms with E-state index in [4.69, 9.17) is 4.74 Å². The maximum Gasteiger partial charge on any atom is 0.433 e. The Morgan fingerprint density at radius 2 is 1.95 bits per heavy atom. The molecule has 0 bridgehead atoms. The minimum absolute atomic E-state index is 0.00304. The molecule has 0 saturated heterocycles. The quantitative estimate of drug-likeness (QED) is 0.795. The molecule has 2 rings (SSSR count). The summed E-state index contributed by atoms with van der Waals surface area (Å²) in [6.07, 6.45) is -4.43. The van der Waals surface area contributed by atoms with E-state index in [2.05, 4.69) is 5.10 Å². The molecule has 1 aromatic carbocycles. The summed E-state index contributed by atoms with van der Waals surface area (Å²) in [4.78, 5) is 11.3. The predicted molar refractivity (Wildman–Crippen MR) is 73.5 cm³/mol. The van der Waals surface area contributed by atoms with Crippen molar-refractivity contribution in [3.8, 4) is 5.69 Å². The van der Waals surface area contributed by atoms with E-state index >= 15 is 0 Å². The summed E-state index contributed by atoms with van der Waals surface area (Å²) in [5, 5.41) is 3.97. The van der Waals surface area contributed by atoms with Gasteiger partial charge in [-0.3, -0.25) is 4.79 Å². The number of alkyl halides is 3. The number of esters is 1. The molecule has 118 valence electrons. The van der Waals surface area contributed by atoms with E-state index in [1.807, 2.05) is 0 Å². The van der Waals surface area contributed by atoms with Crippen molar-refractivity contribution in [3.63, 3.8) is 0 Å². The van der Waals surface area contributed by atoms with Gasteiger partial charge in [-0.2, -0.15) is 18.3 Å². The first-order valence-corrected chi connectivity index (χ1v) is 6.79. The molecule has 1 aromatic heterocycles. The van der Waals surface area contributed by atoms with E-state index in [-0.39, 0.29) is 25.1 Å². The highest BCUT2D eigenvalue weighted by molar-refractivity contribution is 5.69. The number of rotatable bonds is 5. The number of halogens is 3. The molecular formula is C15H15F3N2O2. The monoisotopic (exact) mass is 312 g/mol. The zero-order chi connectivity index (χ0) is 16.2. The van der Waals surface area contributed by atoms with Gasteiger partial charge >= 0.3 is 12.1 Å². The van der Waals surface area contributed by atoms with E-state index in [0.717, 1.165) is 10.7 Å². The van der Waals surface area contributed by atoms with Crippen LogP contribution in [0.15, 0.2) is 36.4 Å². The van der Waals surface area contributed by atoms with Crippen LogP contribution in [0.5, 0.6) is 0 Å². The van der Waals surface area contributed by atoms with Crippen LogP contribution in [-0.4, -0.2) is 22.4 Å². The summed E-state index contributed by atoms with van der Waals surface area (Å²) in [5.74, 6) is -0.453. The normalized spacial score (nSPS) is 11.5. The predicted octanol–water partition coefficient (Wildman–Crippen LogP) is 3.39. The maximum atomic E-state index is 13.1. The molecule has 0 aliphatic heterocycles. The number of carbonyl (C=O) groups excluding carboxylic acids is 1. The fourth-order valence-electron chi connectivity index (χ4n) is 1.98. The highest BCUT2D eigenvalue weighted by atomic mass is 19.4. The van der Waals surface area contributed by atoms with Crippen molar-refractivity contribution < 1.29 is 22.7 Å². The molecule has 2 aromatic rings. The molecule has 0 aliphatic rings. The minimum Gasteiger partial charge on any atom is -0.466 e. The molecule has 0 fully saturated rings. The summed E-state index contributed by atoms with van der Waals surface area (Å²) in [6, 6.07) is 9.02. The third-order valence-electron chi connectivity index (χ3n) is 2.94. The summed E-state index contributed by atoms with van der Waals surface area (Å²) < 4.78 is 44.9. The van der Waals surface area contributed by atoms with Crippen LogP contribution in [0.4, 0.5) is 13.2 Å². The van der Waals surface area contributed by atoms with Crippen molar-refractivity contribution in [2.24, 2.45) is 0 Å². The summed E-state index contributed by atoms with van der Waals surface area (Å²) in [7, 11) is 0. The van der Waals surface area contributed by atoms with E-state index in [9.17, 15) is 18.0 Å². The maximum absolute atomic E-state index is 13.1. The fourth-order valence-corrected chi connectivity index (χ4v) is 1.98. The van der Waals surface area contributed by atoms with Crippen molar-refractivity contribution in [1.82, 2.24) is 9.78 Å². The molecule has 0 unspecified atom stereocenters. The van der Waals surface area contributed by atoms with Crippen molar-refractivity contribution in [2.75, 3.05) is 6.61 Å². The second kappa shape index (κ2) is 6.64. The van der Waals surface area contributed by atoms with Crippen LogP contribution in [0.25, 0.3) is 5.69 Å². The van der Waals surface area contributed by atoms with Crippen LogP contribution in [0.2, 0.25) is 0 Å². The standard InChI is InChI=1S/C15H15F3N2O2/c1-2-22-14(21)9-8-11-10-13(15(16,17)18)20(19-11)12-6-4-3-5-7-12/h3-7,10H,2,8-9H2,1H3. The van der Waals surface area contributed by atoms with Gasteiger partial charge in [0.15, 0.2) is 0 Å². The van der Waals surface area contributed by atoms with Crippen LogP contribution in [-0.2, 0) is 22.1 Å². The summed E-state index contributed by atoms with van der Waals surface area (Å²) in [5.41, 5.74) is -0.348. The van der Waals surface area contributed by atoms with Crippen LogP contribution < -0.4 is 0 Å². The molecule has 0 spiro atoms. The molecule has 0 N–H and O–H groups in total. The number of para-hydroxylation sites is 1. The molecule has 1 heterocycles. The van der Waals surface area contributed by atoms with Crippen LogP contribution in [0.1, 0.15) is 24.7 Å². The molecule has 0 radical (unpaired) electrons. The average Bonchev–Trinajstić information content (AvgIpc) is 2.91. The van der Waals surface area contributed by atoms with Gasteiger partial charge in [0.25, 0.3) is 0 Å². The Kier molecular flexibility index (Phi) is 4.85.